The van der Waals surface area contributed by atoms with Gasteiger partial charge in [-0.15, -0.1) is 0 Å². The molecule has 0 amide bonds. The Bertz CT molecular complexity index is 483. The molecular formula is C16H29N5O. The zero-order valence-electron chi connectivity index (χ0n) is 14.2. The zero-order chi connectivity index (χ0) is 15.9. The molecule has 1 aliphatic heterocycles. The van der Waals surface area contributed by atoms with Crippen LogP contribution in [0.5, 0.6) is 0 Å². The summed E-state index contributed by atoms with van der Waals surface area (Å²) in [6.07, 6.45) is 1.26. The molecule has 1 saturated heterocycles. The molecule has 2 N–H and O–H groups in total. The Morgan fingerprint density at radius 2 is 2.32 bits per heavy atom. The van der Waals surface area contributed by atoms with E-state index in [-0.39, 0.29) is 0 Å². The fourth-order valence-corrected chi connectivity index (χ4v) is 2.68. The van der Waals surface area contributed by atoms with Crippen LogP contribution >= 0.6 is 0 Å². The lowest BCUT2D eigenvalue weighted by atomic mass is 10.1. The summed E-state index contributed by atoms with van der Waals surface area (Å²) in [5.41, 5.74) is 0.991. The number of rotatable bonds is 6. The molecule has 2 heterocycles. The monoisotopic (exact) mass is 307 g/mol. The topological polar surface area (TPSA) is 65.7 Å². The van der Waals surface area contributed by atoms with Crippen molar-refractivity contribution in [2.75, 3.05) is 33.2 Å². The normalized spacial score (nSPS) is 19.9. The molecule has 1 unspecified atom stereocenters. The number of hydrogen-bond acceptors (Lipinski definition) is 4. The molecule has 1 atom stereocenters. The smallest absolute Gasteiger partial charge is 0.191 e. The molecule has 22 heavy (non-hydrogen) atoms. The van der Waals surface area contributed by atoms with Crippen molar-refractivity contribution in [2.24, 2.45) is 10.9 Å². The van der Waals surface area contributed by atoms with Gasteiger partial charge in [-0.25, -0.2) is 0 Å². The SMILES string of the molecule is CCN1CCC(CNC(=NC)NCc2cc(C(C)C)no2)C1. The van der Waals surface area contributed by atoms with Crippen molar-refractivity contribution in [2.45, 2.75) is 39.7 Å². The van der Waals surface area contributed by atoms with Gasteiger partial charge in [-0.3, -0.25) is 4.99 Å². The Hall–Kier alpha value is -1.56. The molecule has 0 spiro atoms. The number of aliphatic imine (C=N–C) groups is 1. The van der Waals surface area contributed by atoms with E-state index in [1.165, 1.54) is 19.5 Å². The minimum Gasteiger partial charge on any atom is -0.359 e. The summed E-state index contributed by atoms with van der Waals surface area (Å²) in [5.74, 6) is 2.75. The molecule has 6 heteroatoms. The lowest BCUT2D eigenvalue weighted by Gasteiger charge is -2.15. The predicted octanol–water partition coefficient (Wildman–Crippen LogP) is 1.80. The highest BCUT2D eigenvalue weighted by molar-refractivity contribution is 5.79. The van der Waals surface area contributed by atoms with Gasteiger partial charge in [0.25, 0.3) is 0 Å². The maximum atomic E-state index is 5.33. The second-order valence-corrected chi connectivity index (χ2v) is 6.23. The van der Waals surface area contributed by atoms with Gasteiger partial charge in [0.05, 0.1) is 12.2 Å². The summed E-state index contributed by atoms with van der Waals surface area (Å²) < 4.78 is 5.33. The quantitative estimate of drug-likeness (QED) is 0.620. The largest absolute Gasteiger partial charge is 0.359 e. The first kappa shape index (κ1) is 16.8. The molecule has 0 saturated carbocycles. The molecule has 2 rings (SSSR count). The van der Waals surface area contributed by atoms with Crippen LogP contribution in [-0.4, -0.2) is 49.2 Å². The lowest BCUT2D eigenvalue weighted by molar-refractivity contribution is 0.341. The van der Waals surface area contributed by atoms with Crippen LogP contribution in [0.15, 0.2) is 15.6 Å². The number of aromatic nitrogens is 1. The van der Waals surface area contributed by atoms with Crippen molar-refractivity contribution in [3.63, 3.8) is 0 Å². The molecule has 0 bridgehead atoms. The average molecular weight is 307 g/mol. The average Bonchev–Trinajstić information content (AvgIpc) is 3.16. The summed E-state index contributed by atoms with van der Waals surface area (Å²) in [7, 11) is 1.79. The van der Waals surface area contributed by atoms with Crippen molar-refractivity contribution in [1.29, 1.82) is 0 Å². The molecular weight excluding hydrogens is 278 g/mol. The van der Waals surface area contributed by atoms with Crippen molar-refractivity contribution >= 4 is 5.96 Å². The molecule has 0 aromatic carbocycles. The van der Waals surface area contributed by atoms with Gasteiger partial charge in [-0.05, 0) is 31.3 Å². The lowest BCUT2D eigenvalue weighted by Crippen LogP contribution is -2.39. The van der Waals surface area contributed by atoms with E-state index in [2.05, 4.69) is 46.5 Å². The van der Waals surface area contributed by atoms with Crippen LogP contribution < -0.4 is 10.6 Å². The van der Waals surface area contributed by atoms with Crippen molar-refractivity contribution in [1.82, 2.24) is 20.7 Å². The van der Waals surface area contributed by atoms with E-state index >= 15 is 0 Å². The molecule has 1 aromatic heterocycles. The summed E-state index contributed by atoms with van der Waals surface area (Å²) in [6, 6.07) is 2.00. The third kappa shape index (κ3) is 4.73. The van der Waals surface area contributed by atoms with Crippen molar-refractivity contribution in [3.05, 3.63) is 17.5 Å². The molecule has 1 aromatic rings. The van der Waals surface area contributed by atoms with E-state index in [0.717, 1.165) is 30.5 Å². The number of guanidine groups is 1. The Kier molecular flexibility index (Phi) is 6.24. The van der Waals surface area contributed by atoms with E-state index in [1.54, 1.807) is 7.05 Å². The Labute approximate surface area is 133 Å². The van der Waals surface area contributed by atoms with Gasteiger partial charge >= 0.3 is 0 Å². The van der Waals surface area contributed by atoms with Gasteiger partial charge in [-0.2, -0.15) is 0 Å². The standard InChI is InChI=1S/C16H29N5O/c1-5-21-7-6-13(11-21)9-18-16(17-4)19-10-14-8-15(12(2)3)20-22-14/h8,12-13H,5-7,9-11H2,1-4H3,(H2,17,18,19). The number of hydrogen-bond donors (Lipinski definition) is 2. The summed E-state index contributed by atoms with van der Waals surface area (Å²) in [4.78, 5) is 6.75. The number of nitrogens with one attached hydrogen (secondary N) is 2. The number of likely N-dealkylation sites (tertiary alicyclic amines) is 1. The van der Waals surface area contributed by atoms with Crippen LogP contribution in [0.3, 0.4) is 0 Å². The first-order chi connectivity index (χ1) is 10.6. The fourth-order valence-electron chi connectivity index (χ4n) is 2.68. The minimum atomic E-state index is 0.388. The maximum Gasteiger partial charge on any atom is 0.191 e. The van der Waals surface area contributed by atoms with Gasteiger partial charge in [0, 0.05) is 26.2 Å². The van der Waals surface area contributed by atoms with Gasteiger partial charge in [0.2, 0.25) is 0 Å². The zero-order valence-corrected chi connectivity index (χ0v) is 14.2. The summed E-state index contributed by atoms with van der Waals surface area (Å²) in [5, 5.41) is 10.8. The molecule has 1 fully saturated rings. The van der Waals surface area contributed by atoms with E-state index in [9.17, 15) is 0 Å². The third-order valence-electron chi connectivity index (χ3n) is 4.20. The Morgan fingerprint density at radius 3 is 2.91 bits per heavy atom. The van der Waals surface area contributed by atoms with Crippen LogP contribution in [0.4, 0.5) is 0 Å². The van der Waals surface area contributed by atoms with Gasteiger partial charge < -0.3 is 20.1 Å². The van der Waals surface area contributed by atoms with Gasteiger partial charge in [-0.1, -0.05) is 25.9 Å². The maximum absolute atomic E-state index is 5.33. The van der Waals surface area contributed by atoms with Crippen molar-refractivity contribution in [3.8, 4) is 0 Å². The van der Waals surface area contributed by atoms with Crippen molar-refractivity contribution < 1.29 is 4.52 Å². The van der Waals surface area contributed by atoms with Crippen LogP contribution in [0.2, 0.25) is 0 Å². The van der Waals surface area contributed by atoms with Crippen LogP contribution in [0.1, 0.15) is 44.6 Å². The van der Waals surface area contributed by atoms with Gasteiger partial charge in [0.1, 0.15) is 0 Å². The van der Waals surface area contributed by atoms with E-state index in [1.807, 2.05) is 6.07 Å². The van der Waals surface area contributed by atoms with E-state index < -0.39 is 0 Å². The summed E-state index contributed by atoms with van der Waals surface area (Å²) >= 11 is 0. The predicted molar refractivity (Wildman–Crippen MR) is 89.0 cm³/mol. The fraction of sp³-hybridized carbons (Fsp3) is 0.750. The third-order valence-corrected chi connectivity index (χ3v) is 4.20. The first-order valence-corrected chi connectivity index (χ1v) is 8.24. The first-order valence-electron chi connectivity index (χ1n) is 8.24. The van der Waals surface area contributed by atoms with Crippen LogP contribution in [0.25, 0.3) is 0 Å². The minimum absolute atomic E-state index is 0.388. The Morgan fingerprint density at radius 1 is 1.50 bits per heavy atom. The molecule has 6 nitrogen and oxygen atoms in total. The van der Waals surface area contributed by atoms with Crippen LogP contribution in [-0.2, 0) is 6.54 Å². The highest BCUT2D eigenvalue weighted by Crippen LogP contribution is 2.15. The molecule has 0 radical (unpaired) electrons. The van der Waals surface area contributed by atoms with Crippen LogP contribution in [0, 0.1) is 5.92 Å². The second kappa shape index (κ2) is 8.17. The number of nitrogens with zero attached hydrogens (tertiary/aromatic N) is 3. The molecule has 1 aliphatic rings. The molecule has 0 aliphatic carbocycles. The molecule has 124 valence electrons. The summed E-state index contributed by atoms with van der Waals surface area (Å²) in [6.45, 7) is 11.5. The Balaban J connectivity index is 1.73. The second-order valence-electron chi connectivity index (χ2n) is 6.23. The van der Waals surface area contributed by atoms with Gasteiger partial charge in [0.15, 0.2) is 11.7 Å². The van der Waals surface area contributed by atoms with E-state index in [0.29, 0.717) is 18.4 Å². The van der Waals surface area contributed by atoms with E-state index in [4.69, 9.17) is 4.52 Å². The highest BCUT2D eigenvalue weighted by Gasteiger charge is 2.21. The highest BCUT2D eigenvalue weighted by atomic mass is 16.5.